The molecule has 0 heterocycles. The predicted octanol–water partition coefficient (Wildman–Crippen LogP) is 9.96. The summed E-state index contributed by atoms with van der Waals surface area (Å²) >= 11 is 0.913. The number of amides is 4. The zero-order chi connectivity index (χ0) is 52.1. The molecule has 17 nitrogen and oxygen atoms in total. The maximum absolute atomic E-state index is 14.0. The first-order chi connectivity index (χ1) is 34.1. The lowest BCUT2D eigenvalue weighted by Crippen LogP contribution is -2.53. The van der Waals surface area contributed by atoms with Gasteiger partial charge in [-0.2, -0.15) is 0 Å². The van der Waals surface area contributed by atoms with Crippen molar-refractivity contribution in [3.63, 3.8) is 0 Å². The Morgan fingerprint density at radius 1 is 0.662 bits per heavy atom. The molecule has 0 bridgehead atoms. The molecule has 2 rings (SSSR count). The van der Waals surface area contributed by atoms with Crippen LogP contribution in [-0.4, -0.2) is 90.4 Å². The maximum atomic E-state index is 14.0. The van der Waals surface area contributed by atoms with E-state index in [9.17, 15) is 33.6 Å². The van der Waals surface area contributed by atoms with Crippen LogP contribution in [0.3, 0.4) is 0 Å². The second-order valence-corrected chi connectivity index (χ2v) is 18.8. The third kappa shape index (κ3) is 30.9. The van der Waals surface area contributed by atoms with Gasteiger partial charge in [-0.25, -0.2) is 19.2 Å². The number of aliphatic imine (C=N–C) groups is 1. The van der Waals surface area contributed by atoms with Gasteiger partial charge in [0.05, 0.1) is 6.42 Å². The van der Waals surface area contributed by atoms with Gasteiger partial charge >= 0.3 is 30.2 Å². The van der Waals surface area contributed by atoms with Crippen molar-refractivity contribution in [1.82, 2.24) is 21.3 Å². The fourth-order valence-electron chi connectivity index (χ4n) is 6.67. The fraction of sp³-hybridized carbons (Fsp3) is 0.547. The van der Waals surface area contributed by atoms with Gasteiger partial charge in [0.1, 0.15) is 43.3 Å². The molecule has 0 aliphatic rings. The van der Waals surface area contributed by atoms with Crippen LogP contribution in [0.25, 0.3) is 0 Å². The van der Waals surface area contributed by atoms with Crippen LogP contribution in [0, 0.1) is 0 Å². The van der Waals surface area contributed by atoms with Gasteiger partial charge in [-0.05, 0) is 63.3 Å². The molecule has 4 N–H and O–H groups in total. The quantitative estimate of drug-likeness (QED) is 0.00994. The molecular weight excluding hydrogens is 931 g/mol. The van der Waals surface area contributed by atoms with Gasteiger partial charge in [-0.15, -0.1) is 0 Å². The Kier molecular flexibility index (Phi) is 31.5. The first kappa shape index (κ1) is 61.0. The second-order valence-electron chi connectivity index (χ2n) is 17.7. The summed E-state index contributed by atoms with van der Waals surface area (Å²) in [6.07, 6.45) is 15.6. The van der Waals surface area contributed by atoms with Crippen LogP contribution >= 0.6 is 11.8 Å². The van der Waals surface area contributed by atoms with Crippen molar-refractivity contribution < 1.29 is 57.2 Å². The number of benzene rings is 2. The van der Waals surface area contributed by atoms with Crippen molar-refractivity contribution in [3.8, 4) is 5.75 Å². The minimum Gasteiger partial charge on any atom is -0.459 e. The molecule has 71 heavy (non-hydrogen) atoms. The van der Waals surface area contributed by atoms with E-state index in [1.54, 1.807) is 45.0 Å². The Balaban J connectivity index is 2.16. The summed E-state index contributed by atoms with van der Waals surface area (Å²) in [4.78, 5) is 95.1. The van der Waals surface area contributed by atoms with Crippen molar-refractivity contribution in [1.29, 1.82) is 0 Å². The number of nitrogens with one attached hydrogen (secondary N) is 4. The summed E-state index contributed by atoms with van der Waals surface area (Å²) < 4.78 is 26.4. The number of rotatable bonds is 33. The van der Waals surface area contributed by atoms with Gasteiger partial charge in [0.2, 0.25) is 11.9 Å². The number of nitrogens with zero attached hydrogens (tertiary/aromatic N) is 1. The van der Waals surface area contributed by atoms with E-state index in [4.69, 9.17) is 23.7 Å². The molecule has 0 unspecified atom stereocenters. The van der Waals surface area contributed by atoms with E-state index in [0.717, 1.165) is 36.6 Å². The second kappa shape index (κ2) is 36.7. The fourth-order valence-corrected chi connectivity index (χ4v) is 7.53. The van der Waals surface area contributed by atoms with Crippen LogP contribution in [0.1, 0.15) is 142 Å². The van der Waals surface area contributed by atoms with Crippen molar-refractivity contribution in [2.75, 3.05) is 25.5 Å². The Morgan fingerprint density at radius 2 is 1.23 bits per heavy atom. The molecule has 0 spiro atoms. The van der Waals surface area contributed by atoms with E-state index >= 15 is 0 Å². The lowest BCUT2D eigenvalue weighted by molar-refractivity contribution is -0.148. The van der Waals surface area contributed by atoms with Gasteiger partial charge < -0.3 is 34.3 Å². The monoisotopic (exact) mass is 1010 g/mol. The Bertz CT molecular complexity index is 1950. The molecule has 2 aromatic carbocycles. The van der Waals surface area contributed by atoms with Crippen LogP contribution in [0.5, 0.6) is 5.75 Å². The number of esters is 2. The SMILES string of the molecule is C=CCOC(=O)NC(=NCCC[C@H](NC(=O)OC(C)(C)C)C(=O)N[C@@H](CSC(=O)CCCCCCCCCCCCCCC)C(=O)OCc1ccc(OC(=O)Cc2ccccc2)cc1)NC(=O)OCC=C. The molecule has 0 aliphatic heterocycles. The first-order valence-electron chi connectivity index (χ1n) is 24.7. The number of unbranched alkanes of at least 4 members (excludes halogenated alkanes) is 12. The van der Waals surface area contributed by atoms with E-state index in [2.05, 4.69) is 46.3 Å². The molecule has 2 aromatic rings. The highest BCUT2D eigenvalue weighted by Gasteiger charge is 2.30. The summed E-state index contributed by atoms with van der Waals surface area (Å²) in [7, 11) is 0. The van der Waals surface area contributed by atoms with Crippen LogP contribution in [0.15, 0.2) is 84.9 Å². The molecule has 0 fully saturated rings. The normalized spacial score (nSPS) is 11.7. The number of guanidine groups is 1. The van der Waals surface area contributed by atoms with Crippen LogP contribution in [0.4, 0.5) is 14.4 Å². The lowest BCUT2D eigenvalue weighted by Gasteiger charge is -2.25. The van der Waals surface area contributed by atoms with Crippen molar-refractivity contribution >= 4 is 59.0 Å². The molecular formula is C53H77N5O12S. The van der Waals surface area contributed by atoms with Gasteiger partial charge in [-0.1, -0.05) is 164 Å². The maximum Gasteiger partial charge on any atom is 0.414 e. The average molecular weight is 1010 g/mol. The van der Waals surface area contributed by atoms with Gasteiger partial charge in [-0.3, -0.25) is 30.0 Å². The summed E-state index contributed by atoms with van der Waals surface area (Å²) in [5.41, 5.74) is 0.456. The van der Waals surface area contributed by atoms with E-state index in [1.807, 2.05) is 30.3 Å². The van der Waals surface area contributed by atoms with Gasteiger partial charge in [0.15, 0.2) is 5.12 Å². The highest BCUT2D eigenvalue weighted by molar-refractivity contribution is 8.13. The topological polar surface area (TPSA) is 226 Å². The van der Waals surface area contributed by atoms with Crippen molar-refractivity contribution in [3.05, 3.63) is 91.0 Å². The van der Waals surface area contributed by atoms with E-state index < -0.39 is 53.8 Å². The molecule has 0 aromatic heterocycles. The van der Waals surface area contributed by atoms with E-state index in [-0.39, 0.29) is 62.5 Å². The van der Waals surface area contributed by atoms with Gasteiger partial charge in [0, 0.05) is 18.7 Å². The number of alkyl carbamates (subject to hydrolysis) is 3. The lowest BCUT2D eigenvalue weighted by atomic mass is 10.0. The smallest absolute Gasteiger partial charge is 0.414 e. The van der Waals surface area contributed by atoms with Crippen molar-refractivity contribution in [2.45, 2.75) is 161 Å². The number of ether oxygens (including phenoxy) is 5. The van der Waals surface area contributed by atoms with E-state index in [1.165, 1.54) is 69.9 Å². The third-order valence-corrected chi connectivity index (χ3v) is 11.3. The third-order valence-electron chi connectivity index (χ3n) is 10.3. The Hall–Kier alpha value is -6.17. The average Bonchev–Trinajstić information content (AvgIpc) is 3.33. The summed E-state index contributed by atoms with van der Waals surface area (Å²) in [6, 6.07) is 13.0. The molecule has 0 aliphatic carbocycles. The summed E-state index contributed by atoms with van der Waals surface area (Å²) in [6.45, 7) is 13.6. The number of carbonyl (C=O) groups excluding carboxylic acids is 7. The standard InChI is InChI=1S/C53H77N5O12S/c1-7-10-11-12-13-14-15-16-17-18-19-20-24-29-46(60)71-39-44(48(62)68-38-41-30-32-42(33-31-41)69-45(59)37-40-26-22-21-23-27-40)55-47(61)43(56-52(65)70-53(4,5)6)28-25-34-54-49(57-50(63)66-35-8-2)58-51(64)67-36-9-3/h8-9,21-23,26-27,30-33,43-44H,2-3,7,10-20,24-25,28-29,34-39H2,1,4-6H3,(H,55,61)(H,56,65)(H2,54,57,58,63,64)/t43-,44-/m0/s1. The van der Waals surface area contributed by atoms with E-state index in [0.29, 0.717) is 24.2 Å². The molecule has 18 heteroatoms. The van der Waals surface area contributed by atoms with Crippen LogP contribution in [0.2, 0.25) is 0 Å². The van der Waals surface area contributed by atoms with Crippen LogP contribution in [-0.2, 0) is 51.2 Å². The largest absolute Gasteiger partial charge is 0.459 e. The first-order valence-corrected chi connectivity index (χ1v) is 25.7. The number of hydrogen-bond acceptors (Lipinski definition) is 14. The predicted molar refractivity (Wildman–Crippen MR) is 276 cm³/mol. The zero-order valence-corrected chi connectivity index (χ0v) is 43.0. The van der Waals surface area contributed by atoms with Crippen LogP contribution < -0.4 is 26.0 Å². The molecule has 0 saturated heterocycles. The Labute approximate surface area is 424 Å². The molecule has 4 amide bonds. The zero-order valence-electron chi connectivity index (χ0n) is 42.2. The van der Waals surface area contributed by atoms with Gasteiger partial charge in [0.25, 0.3) is 0 Å². The van der Waals surface area contributed by atoms with Crippen molar-refractivity contribution in [2.24, 2.45) is 4.99 Å². The minimum absolute atomic E-state index is 0.0567. The minimum atomic E-state index is -1.31. The molecule has 0 radical (unpaired) electrons. The Morgan fingerprint density at radius 3 is 1.77 bits per heavy atom. The molecule has 0 saturated carbocycles. The highest BCUT2D eigenvalue weighted by Crippen LogP contribution is 2.18. The number of hydrogen-bond donors (Lipinski definition) is 4. The highest BCUT2D eigenvalue weighted by atomic mass is 32.2. The number of thioether (sulfide) groups is 1. The molecule has 392 valence electrons. The molecule has 2 atom stereocenters. The summed E-state index contributed by atoms with van der Waals surface area (Å²) in [5, 5.41) is 9.69. The number of carbonyl (C=O) groups is 7. The summed E-state index contributed by atoms with van der Waals surface area (Å²) in [5.74, 6) is -2.19.